The molecule has 0 bridgehead atoms. The minimum atomic E-state index is -4.71. The molecule has 1 aliphatic carbocycles. The Hall–Kier alpha value is -2.94. The van der Waals surface area contributed by atoms with E-state index in [0.29, 0.717) is 13.9 Å². The van der Waals surface area contributed by atoms with Crippen LogP contribution in [0.15, 0.2) is 24.2 Å². The molecule has 2 aromatic rings. The van der Waals surface area contributed by atoms with Crippen LogP contribution in [0, 0.1) is 0 Å². The molecular weight excluding hydrogens is 469 g/mol. The summed E-state index contributed by atoms with van der Waals surface area (Å²) in [5, 5.41) is 12.6. The third kappa shape index (κ3) is 5.58. The highest BCUT2D eigenvalue weighted by molar-refractivity contribution is 6.18. The molecule has 0 fully saturated rings. The van der Waals surface area contributed by atoms with Crippen LogP contribution in [0.3, 0.4) is 0 Å². The second-order valence-electron chi connectivity index (χ2n) is 8.74. The van der Waals surface area contributed by atoms with E-state index < -0.39 is 59.0 Å². The topological polar surface area (TPSA) is 105 Å². The zero-order chi connectivity index (χ0) is 25.5. The van der Waals surface area contributed by atoms with Gasteiger partial charge in [-0.05, 0) is 39.3 Å². The van der Waals surface area contributed by atoms with Crippen LogP contribution < -0.4 is 10.8 Å². The molecule has 0 saturated carbocycles. The van der Waals surface area contributed by atoms with Gasteiger partial charge in [-0.3, -0.25) is 9.82 Å². The largest absolute Gasteiger partial charge is 0.433 e. The number of allylic oxidation sites excluding steroid dienone is 1. The lowest BCUT2D eigenvalue weighted by Crippen LogP contribution is -2.51. The summed E-state index contributed by atoms with van der Waals surface area (Å²) in [6, 6.07) is 1.91. The van der Waals surface area contributed by atoms with Gasteiger partial charge in [0.15, 0.2) is 13.7 Å². The lowest BCUT2D eigenvalue weighted by molar-refractivity contribution is -0.141. The third-order valence-corrected chi connectivity index (χ3v) is 4.75. The Morgan fingerprint density at radius 1 is 1.12 bits per heavy atom. The quantitative estimate of drug-likeness (QED) is 0.332. The molecule has 184 valence electrons. The average molecular weight is 490 g/mol. The smallest absolute Gasteiger partial charge is 0.386 e. The number of aliphatic hydroxyl groups is 1. The standard InChI is InChI=1S/C19H21BF6N6O2/c1-16(2,3)34-32-15-30-13(10-4-6-17(22,23)18(20,33)12(10)21)29-14(31-15)28-9-5-7-27-11(8-9)19(24,25)26/h5,7-8,33H,4,6,20H2,1-3H3,(H2,27,28,29,30,31,32)/t18-/m1/s1. The fourth-order valence-corrected chi connectivity index (χ4v) is 2.90. The number of pyridine rings is 1. The Morgan fingerprint density at radius 2 is 1.76 bits per heavy atom. The first-order valence-corrected chi connectivity index (χ1v) is 10.00. The van der Waals surface area contributed by atoms with E-state index in [4.69, 9.17) is 4.84 Å². The summed E-state index contributed by atoms with van der Waals surface area (Å²) < 4.78 is 81.9. The highest BCUT2D eigenvalue weighted by Gasteiger charge is 2.55. The van der Waals surface area contributed by atoms with E-state index in [9.17, 15) is 31.4 Å². The van der Waals surface area contributed by atoms with E-state index in [2.05, 4.69) is 30.7 Å². The molecule has 0 aliphatic heterocycles. The van der Waals surface area contributed by atoms with Gasteiger partial charge in [-0.25, -0.2) is 18.7 Å². The molecule has 2 heterocycles. The zero-order valence-electron chi connectivity index (χ0n) is 18.6. The molecule has 0 unspecified atom stereocenters. The van der Waals surface area contributed by atoms with Gasteiger partial charge < -0.3 is 10.4 Å². The predicted octanol–water partition coefficient (Wildman–Crippen LogP) is 3.60. The van der Waals surface area contributed by atoms with Crippen LogP contribution in [-0.4, -0.2) is 49.9 Å². The van der Waals surface area contributed by atoms with Crippen LogP contribution in [0.1, 0.15) is 45.1 Å². The number of anilines is 3. The van der Waals surface area contributed by atoms with Gasteiger partial charge in [0.25, 0.3) is 11.9 Å². The second kappa shape index (κ2) is 8.69. The molecule has 0 radical (unpaired) electrons. The third-order valence-electron chi connectivity index (χ3n) is 4.75. The van der Waals surface area contributed by atoms with Crippen LogP contribution in [0.4, 0.5) is 43.9 Å². The van der Waals surface area contributed by atoms with Crippen molar-refractivity contribution in [3.63, 3.8) is 0 Å². The summed E-state index contributed by atoms with van der Waals surface area (Å²) in [6.07, 6.45) is -5.18. The number of hydrogen-bond acceptors (Lipinski definition) is 8. The van der Waals surface area contributed by atoms with Gasteiger partial charge in [-0.1, -0.05) is 0 Å². The Labute approximate surface area is 191 Å². The minimum absolute atomic E-state index is 0.0983. The number of nitrogens with zero attached hydrogens (tertiary/aromatic N) is 4. The van der Waals surface area contributed by atoms with Gasteiger partial charge in [-0.15, -0.1) is 0 Å². The molecule has 3 rings (SSSR count). The number of rotatable bonds is 5. The summed E-state index contributed by atoms with van der Waals surface area (Å²) in [7, 11) is 0.638. The normalized spacial score (nSPS) is 20.9. The van der Waals surface area contributed by atoms with Crippen LogP contribution >= 0.6 is 0 Å². The first-order valence-electron chi connectivity index (χ1n) is 10.00. The van der Waals surface area contributed by atoms with Crippen LogP contribution in [0.5, 0.6) is 0 Å². The van der Waals surface area contributed by atoms with Gasteiger partial charge in [0.05, 0.1) is 5.60 Å². The summed E-state index contributed by atoms with van der Waals surface area (Å²) in [6.45, 7) is 5.08. The van der Waals surface area contributed by atoms with Crippen molar-refractivity contribution < 1.29 is 36.3 Å². The lowest BCUT2D eigenvalue weighted by atomic mass is 9.68. The highest BCUT2D eigenvalue weighted by Crippen LogP contribution is 2.46. The molecule has 3 N–H and O–H groups in total. The molecule has 0 aromatic carbocycles. The SMILES string of the molecule is B[C@@]1(O)C(F)=C(c2nc(NOC(C)(C)C)nc(Nc3ccnc(C(F)(F)F)c3)n2)CCC1(F)F. The molecule has 1 atom stereocenters. The summed E-state index contributed by atoms with van der Waals surface area (Å²) >= 11 is 0. The number of aromatic nitrogens is 4. The highest BCUT2D eigenvalue weighted by atomic mass is 19.4. The van der Waals surface area contributed by atoms with Gasteiger partial charge in [0.1, 0.15) is 17.0 Å². The molecule has 1 aliphatic rings. The first kappa shape index (κ1) is 25.7. The van der Waals surface area contributed by atoms with Crippen molar-refractivity contribution in [2.24, 2.45) is 0 Å². The molecule has 15 heteroatoms. The van der Waals surface area contributed by atoms with Gasteiger partial charge in [0, 0.05) is 23.9 Å². The van der Waals surface area contributed by atoms with Crippen molar-refractivity contribution in [3.05, 3.63) is 35.7 Å². The van der Waals surface area contributed by atoms with Crippen LogP contribution in [0.2, 0.25) is 0 Å². The Balaban J connectivity index is 2.05. The summed E-state index contributed by atoms with van der Waals surface area (Å²) in [4.78, 5) is 20.5. The monoisotopic (exact) mass is 490 g/mol. The Morgan fingerprint density at radius 3 is 2.38 bits per heavy atom. The predicted molar refractivity (Wildman–Crippen MR) is 113 cm³/mol. The van der Waals surface area contributed by atoms with Gasteiger partial charge in [-0.2, -0.15) is 28.1 Å². The number of hydrogen-bond donors (Lipinski definition) is 3. The average Bonchev–Trinajstić information content (AvgIpc) is 2.70. The fourth-order valence-electron chi connectivity index (χ4n) is 2.90. The van der Waals surface area contributed by atoms with E-state index in [-0.39, 0.29) is 17.6 Å². The van der Waals surface area contributed by atoms with E-state index >= 15 is 0 Å². The maximum atomic E-state index is 14.9. The molecule has 34 heavy (non-hydrogen) atoms. The Kier molecular flexibility index (Phi) is 6.56. The molecule has 0 saturated heterocycles. The summed E-state index contributed by atoms with van der Waals surface area (Å²) in [5.41, 5.74) is -3.07. The maximum absolute atomic E-state index is 14.9. The zero-order valence-corrected chi connectivity index (χ0v) is 18.6. The van der Waals surface area contributed by atoms with E-state index in [1.807, 2.05) is 0 Å². The molecule has 8 nitrogen and oxygen atoms in total. The van der Waals surface area contributed by atoms with Gasteiger partial charge >= 0.3 is 6.18 Å². The minimum Gasteiger partial charge on any atom is -0.386 e. The second-order valence-corrected chi connectivity index (χ2v) is 8.74. The molecular formula is C19H21BF6N6O2. The van der Waals surface area contributed by atoms with Crippen molar-refractivity contribution in [3.8, 4) is 0 Å². The number of halogens is 6. The van der Waals surface area contributed by atoms with Crippen molar-refractivity contribution in [1.29, 1.82) is 0 Å². The van der Waals surface area contributed by atoms with Crippen molar-refractivity contribution in [2.45, 2.75) is 56.8 Å². The van der Waals surface area contributed by atoms with Crippen molar-refractivity contribution in [2.75, 3.05) is 10.8 Å². The van der Waals surface area contributed by atoms with E-state index in [1.165, 1.54) is 6.07 Å². The van der Waals surface area contributed by atoms with Gasteiger partial charge in [0.2, 0.25) is 5.95 Å². The van der Waals surface area contributed by atoms with E-state index in [1.54, 1.807) is 20.8 Å². The number of nitrogens with one attached hydrogen (secondary N) is 2. The fraction of sp³-hybridized carbons (Fsp3) is 0.474. The lowest BCUT2D eigenvalue weighted by Gasteiger charge is -2.36. The Bertz CT molecular complexity index is 1100. The molecule has 0 spiro atoms. The maximum Gasteiger partial charge on any atom is 0.433 e. The van der Waals surface area contributed by atoms with Crippen molar-refractivity contribution >= 4 is 31.0 Å². The molecule has 2 aromatic heterocycles. The first-order chi connectivity index (χ1) is 15.5. The van der Waals surface area contributed by atoms with Crippen LogP contribution in [-0.2, 0) is 11.0 Å². The van der Waals surface area contributed by atoms with E-state index in [0.717, 1.165) is 6.20 Å². The molecule has 0 amide bonds. The number of alkyl halides is 5. The van der Waals surface area contributed by atoms with Crippen LogP contribution in [0.25, 0.3) is 5.57 Å². The van der Waals surface area contributed by atoms with Crippen molar-refractivity contribution in [1.82, 2.24) is 19.9 Å². The summed E-state index contributed by atoms with van der Waals surface area (Å²) in [5.74, 6) is -6.26.